The van der Waals surface area contributed by atoms with E-state index in [-0.39, 0.29) is 16.9 Å². The molecule has 0 amide bonds. The highest BCUT2D eigenvalue weighted by atomic mass is 16.5. The lowest BCUT2D eigenvalue weighted by atomic mass is 9.75. The third-order valence-electron chi connectivity index (χ3n) is 3.41. The van der Waals surface area contributed by atoms with Crippen molar-refractivity contribution in [2.75, 3.05) is 6.61 Å². The van der Waals surface area contributed by atoms with Crippen LogP contribution in [0.3, 0.4) is 0 Å². The molecular formula is C18H31NO. The predicted octanol–water partition coefficient (Wildman–Crippen LogP) is 4.40. The minimum atomic E-state index is 0.0630. The molecule has 2 N–H and O–H groups in total. The molecule has 1 rings (SSSR count). The lowest BCUT2D eigenvalue weighted by Crippen LogP contribution is -2.24. The summed E-state index contributed by atoms with van der Waals surface area (Å²) in [5, 5.41) is 0. The second-order valence-corrected chi connectivity index (χ2v) is 7.79. The van der Waals surface area contributed by atoms with Gasteiger partial charge in [-0.2, -0.15) is 0 Å². The average Bonchev–Trinajstić information content (AvgIpc) is 2.25. The minimum absolute atomic E-state index is 0.0630. The van der Waals surface area contributed by atoms with Gasteiger partial charge in [0.25, 0.3) is 0 Å². The van der Waals surface area contributed by atoms with Crippen LogP contribution in [0.1, 0.15) is 66.0 Å². The summed E-state index contributed by atoms with van der Waals surface area (Å²) >= 11 is 0. The molecule has 1 atom stereocenters. The average molecular weight is 277 g/mol. The molecular weight excluding hydrogens is 246 g/mol. The van der Waals surface area contributed by atoms with E-state index in [0.29, 0.717) is 6.61 Å². The van der Waals surface area contributed by atoms with Gasteiger partial charge < -0.3 is 10.5 Å². The molecule has 0 heterocycles. The quantitative estimate of drug-likeness (QED) is 0.885. The summed E-state index contributed by atoms with van der Waals surface area (Å²) in [5.74, 6) is 1.01. The van der Waals surface area contributed by atoms with Gasteiger partial charge in [-0.3, -0.25) is 0 Å². The normalized spacial score (nSPS) is 14.2. The molecule has 0 fully saturated rings. The van der Waals surface area contributed by atoms with E-state index in [1.54, 1.807) is 0 Å². The van der Waals surface area contributed by atoms with Gasteiger partial charge in [-0.25, -0.2) is 0 Å². The third kappa shape index (κ3) is 4.52. The molecule has 114 valence electrons. The fourth-order valence-electron chi connectivity index (χ4n) is 2.40. The topological polar surface area (TPSA) is 35.2 Å². The second-order valence-electron chi connectivity index (χ2n) is 7.79. The van der Waals surface area contributed by atoms with Crippen molar-refractivity contribution in [1.29, 1.82) is 0 Å². The van der Waals surface area contributed by atoms with E-state index in [1.807, 2.05) is 6.92 Å². The first-order valence-corrected chi connectivity index (χ1v) is 7.56. The first-order chi connectivity index (χ1) is 9.03. The molecule has 0 radical (unpaired) electrons. The van der Waals surface area contributed by atoms with Gasteiger partial charge in [0.2, 0.25) is 0 Å². The Morgan fingerprint density at radius 1 is 1.05 bits per heavy atom. The molecule has 0 aliphatic rings. The Hall–Kier alpha value is -1.02. The number of rotatable bonds is 4. The van der Waals surface area contributed by atoms with Crippen molar-refractivity contribution in [3.8, 4) is 5.75 Å². The first-order valence-electron chi connectivity index (χ1n) is 7.56. The fourth-order valence-corrected chi connectivity index (χ4v) is 2.40. The van der Waals surface area contributed by atoms with Crippen LogP contribution in [-0.4, -0.2) is 12.6 Å². The van der Waals surface area contributed by atoms with Crippen LogP contribution >= 0.6 is 0 Å². The lowest BCUT2D eigenvalue weighted by Gasteiger charge is -2.32. The maximum Gasteiger partial charge on any atom is 0.123 e. The Kier molecular flexibility index (Phi) is 5.26. The van der Waals surface area contributed by atoms with E-state index in [0.717, 1.165) is 12.2 Å². The van der Waals surface area contributed by atoms with Crippen LogP contribution in [0.5, 0.6) is 5.75 Å². The molecule has 0 bridgehead atoms. The van der Waals surface area contributed by atoms with Crippen LogP contribution in [0.25, 0.3) is 0 Å². The highest BCUT2D eigenvalue weighted by Gasteiger charge is 2.28. The van der Waals surface area contributed by atoms with Crippen LogP contribution in [0.4, 0.5) is 0 Å². The molecule has 0 aromatic heterocycles. The van der Waals surface area contributed by atoms with Crippen LogP contribution < -0.4 is 10.5 Å². The third-order valence-corrected chi connectivity index (χ3v) is 3.41. The van der Waals surface area contributed by atoms with Gasteiger partial charge in [-0.1, -0.05) is 53.7 Å². The van der Waals surface area contributed by atoms with Gasteiger partial charge >= 0.3 is 0 Å². The summed E-state index contributed by atoms with van der Waals surface area (Å²) in [4.78, 5) is 0. The smallest absolute Gasteiger partial charge is 0.123 e. The van der Waals surface area contributed by atoms with Crippen LogP contribution in [0, 0.1) is 0 Å². The van der Waals surface area contributed by atoms with Crippen molar-refractivity contribution < 1.29 is 4.74 Å². The van der Waals surface area contributed by atoms with Crippen molar-refractivity contribution in [3.63, 3.8) is 0 Å². The fraction of sp³-hybridized carbons (Fsp3) is 0.667. The summed E-state index contributed by atoms with van der Waals surface area (Å²) in [6.45, 7) is 16.2. The Morgan fingerprint density at radius 3 is 2.10 bits per heavy atom. The first kappa shape index (κ1) is 17.0. The van der Waals surface area contributed by atoms with E-state index in [1.165, 1.54) is 11.1 Å². The summed E-state index contributed by atoms with van der Waals surface area (Å²) in [5.41, 5.74) is 8.66. The predicted molar refractivity (Wildman–Crippen MR) is 87.6 cm³/mol. The summed E-state index contributed by atoms with van der Waals surface area (Å²) < 4.78 is 6.03. The van der Waals surface area contributed by atoms with Crippen molar-refractivity contribution in [1.82, 2.24) is 0 Å². The van der Waals surface area contributed by atoms with Crippen molar-refractivity contribution in [2.24, 2.45) is 5.73 Å². The maximum atomic E-state index is 6.03. The zero-order valence-electron chi connectivity index (χ0n) is 14.2. The molecule has 0 saturated heterocycles. The van der Waals surface area contributed by atoms with Gasteiger partial charge in [-0.05, 0) is 35.8 Å². The SMILES string of the molecule is CC(N)CCOc1cccc(C(C)(C)C)c1C(C)(C)C. The molecule has 0 spiro atoms. The van der Waals surface area contributed by atoms with E-state index < -0.39 is 0 Å². The van der Waals surface area contributed by atoms with Crippen molar-refractivity contribution in [3.05, 3.63) is 29.3 Å². The number of hydrogen-bond donors (Lipinski definition) is 1. The largest absolute Gasteiger partial charge is 0.493 e. The zero-order chi connectivity index (χ0) is 15.6. The number of ether oxygens (including phenoxy) is 1. The van der Waals surface area contributed by atoms with Gasteiger partial charge in [0, 0.05) is 11.6 Å². The van der Waals surface area contributed by atoms with E-state index in [4.69, 9.17) is 10.5 Å². The standard InChI is InChI=1S/C18H31NO/c1-13(19)11-12-20-15-10-8-9-14(17(2,3)4)16(15)18(5,6)7/h8-10,13H,11-12,19H2,1-7H3. The minimum Gasteiger partial charge on any atom is -0.493 e. The zero-order valence-corrected chi connectivity index (χ0v) is 14.2. The van der Waals surface area contributed by atoms with Crippen LogP contribution in [0.2, 0.25) is 0 Å². The van der Waals surface area contributed by atoms with Gasteiger partial charge in [0.15, 0.2) is 0 Å². The van der Waals surface area contributed by atoms with E-state index in [2.05, 4.69) is 59.7 Å². The monoisotopic (exact) mass is 277 g/mol. The summed E-state index contributed by atoms with van der Waals surface area (Å²) in [6, 6.07) is 6.58. The number of benzene rings is 1. The molecule has 0 aliphatic heterocycles. The van der Waals surface area contributed by atoms with Gasteiger partial charge in [0.05, 0.1) is 6.61 Å². The number of nitrogens with two attached hydrogens (primary N) is 1. The van der Waals surface area contributed by atoms with Crippen LogP contribution in [-0.2, 0) is 10.8 Å². The summed E-state index contributed by atoms with van der Waals surface area (Å²) in [6.07, 6.45) is 0.878. The molecule has 20 heavy (non-hydrogen) atoms. The Balaban J connectivity index is 3.17. The van der Waals surface area contributed by atoms with E-state index in [9.17, 15) is 0 Å². The molecule has 2 heteroatoms. The lowest BCUT2D eigenvalue weighted by molar-refractivity contribution is 0.292. The molecule has 2 nitrogen and oxygen atoms in total. The second kappa shape index (κ2) is 6.17. The van der Waals surface area contributed by atoms with Gasteiger partial charge in [0.1, 0.15) is 5.75 Å². The molecule has 0 aliphatic carbocycles. The highest BCUT2D eigenvalue weighted by molar-refractivity contribution is 5.47. The molecule has 0 saturated carbocycles. The molecule has 1 unspecified atom stereocenters. The molecule has 1 aromatic rings. The molecule has 1 aromatic carbocycles. The number of hydrogen-bond acceptors (Lipinski definition) is 2. The Bertz CT molecular complexity index is 436. The Labute approximate surface area is 124 Å². The Morgan fingerprint density at radius 2 is 1.65 bits per heavy atom. The van der Waals surface area contributed by atoms with Gasteiger partial charge in [-0.15, -0.1) is 0 Å². The summed E-state index contributed by atoms with van der Waals surface area (Å²) in [7, 11) is 0. The van der Waals surface area contributed by atoms with Crippen LogP contribution in [0.15, 0.2) is 18.2 Å². The van der Waals surface area contributed by atoms with Crippen molar-refractivity contribution in [2.45, 2.75) is 71.8 Å². The highest BCUT2D eigenvalue weighted by Crippen LogP contribution is 2.39. The van der Waals surface area contributed by atoms with Crippen molar-refractivity contribution >= 4 is 0 Å². The maximum absolute atomic E-state index is 6.03. The van der Waals surface area contributed by atoms with E-state index >= 15 is 0 Å².